The van der Waals surface area contributed by atoms with Crippen molar-refractivity contribution in [1.82, 2.24) is 14.3 Å². The topological polar surface area (TPSA) is 76.0 Å². The zero-order valence-electron chi connectivity index (χ0n) is 13.4. The predicted molar refractivity (Wildman–Crippen MR) is 105 cm³/mol. The highest BCUT2D eigenvalue weighted by molar-refractivity contribution is 7.92. The summed E-state index contributed by atoms with van der Waals surface area (Å²) < 4.78 is 16.1. The highest BCUT2D eigenvalue weighted by atomic mass is 35.5. The van der Waals surface area contributed by atoms with Gasteiger partial charge < -0.3 is 5.32 Å². The van der Waals surface area contributed by atoms with Gasteiger partial charge in [-0.3, -0.25) is 18.9 Å². The summed E-state index contributed by atoms with van der Waals surface area (Å²) in [6.45, 7) is 0. The van der Waals surface area contributed by atoms with Crippen LogP contribution in [0, 0.1) is 0 Å². The fourth-order valence-corrected chi connectivity index (χ4v) is 3.05. The molecule has 0 saturated carbocycles. The van der Waals surface area contributed by atoms with Crippen LogP contribution in [0.1, 0.15) is 10.5 Å². The van der Waals surface area contributed by atoms with Gasteiger partial charge in [0.25, 0.3) is 5.91 Å². The highest BCUT2D eigenvalue weighted by Gasteiger charge is 2.26. The molecule has 6 nitrogen and oxygen atoms in total. The van der Waals surface area contributed by atoms with E-state index in [1.54, 1.807) is 48.5 Å². The van der Waals surface area contributed by atoms with Crippen LogP contribution in [0.4, 0.5) is 9.70 Å². The minimum absolute atomic E-state index is 0.0404. The Labute approximate surface area is 168 Å². The Kier molecular flexibility index (Phi) is 6.00. The van der Waals surface area contributed by atoms with Crippen LogP contribution < -0.4 is 10.0 Å². The van der Waals surface area contributed by atoms with E-state index in [9.17, 15) is 13.5 Å². The minimum Gasteiger partial charge on any atom is -0.311 e. The first-order chi connectivity index (χ1) is 13.1. The molecule has 3 aromatic rings. The largest absolute Gasteiger partial charge is 0.311 e. The minimum atomic E-state index is -0.785. The molecule has 0 atom stereocenters. The van der Waals surface area contributed by atoms with Crippen LogP contribution in [0.15, 0.2) is 48.5 Å². The normalized spacial score (nSPS) is 10.5. The number of hydrogen-bond donors (Lipinski definition) is 2. The van der Waals surface area contributed by atoms with E-state index < -0.39 is 5.91 Å². The number of carbonyl (C=O) groups excluding carboxylic acids is 2. The van der Waals surface area contributed by atoms with E-state index in [2.05, 4.69) is 10.3 Å². The standard InChI is InChI=1S/C17H11Cl2FN4O2S/c18-10-5-7-11(8-6-10)24-14(17(26)23-27-20)15(21-9-25)22-16(24)12-3-1-2-4-13(12)19/h1-9H,(H,21,25)(H,23,26). The lowest BCUT2D eigenvalue weighted by molar-refractivity contribution is -0.105. The number of anilines is 1. The molecular formula is C17H11Cl2FN4O2S. The predicted octanol–water partition coefficient (Wildman–Crippen LogP) is 4.68. The number of rotatable bonds is 6. The Morgan fingerprint density at radius 1 is 1.15 bits per heavy atom. The zero-order valence-corrected chi connectivity index (χ0v) is 15.8. The lowest BCUT2D eigenvalue weighted by Gasteiger charge is -2.12. The van der Waals surface area contributed by atoms with E-state index in [4.69, 9.17) is 23.2 Å². The second-order valence-corrected chi connectivity index (χ2v) is 6.40. The summed E-state index contributed by atoms with van der Waals surface area (Å²) in [7, 11) is 0. The molecule has 0 aliphatic rings. The van der Waals surface area contributed by atoms with E-state index in [-0.39, 0.29) is 23.8 Å². The second kappa shape index (κ2) is 8.43. The molecule has 0 radical (unpaired) electrons. The van der Waals surface area contributed by atoms with Crippen molar-refractivity contribution in [2.75, 3.05) is 5.32 Å². The third-order valence-electron chi connectivity index (χ3n) is 3.62. The van der Waals surface area contributed by atoms with Crippen LogP contribution in [0.25, 0.3) is 17.1 Å². The summed E-state index contributed by atoms with van der Waals surface area (Å²) in [5, 5.41) is 3.26. The van der Waals surface area contributed by atoms with Crippen molar-refractivity contribution in [3.8, 4) is 17.1 Å². The lowest BCUT2D eigenvalue weighted by atomic mass is 10.2. The maximum Gasteiger partial charge on any atom is 0.283 e. The monoisotopic (exact) mass is 424 g/mol. The number of amides is 2. The average Bonchev–Trinajstić information content (AvgIpc) is 3.02. The van der Waals surface area contributed by atoms with Gasteiger partial charge >= 0.3 is 0 Å². The molecule has 3 rings (SSSR count). The van der Waals surface area contributed by atoms with Crippen molar-refractivity contribution in [1.29, 1.82) is 0 Å². The fraction of sp³-hybridized carbons (Fsp3) is 0. The number of carbonyl (C=O) groups is 2. The summed E-state index contributed by atoms with van der Waals surface area (Å²) >= 11 is 11.9. The summed E-state index contributed by atoms with van der Waals surface area (Å²) in [5.41, 5.74) is 0.981. The fourth-order valence-electron chi connectivity index (χ4n) is 2.53. The van der Waals surface area contributed by atoms with Gasteiger partial charge in [-0.05, 0) is 36.4 Å². The van der Waals surface area contributed by atoms with Crippen LogP contribution in [0.3, 0.4) is 0 Å². The van der Waals surface area contributed by atoms with E-state index >= 15 is 0 Å². The molecule has 0 fully saturated rings. The third-order valence-corrected chi connectivity index (χ3v) is 4.46. The first-order valence-electron chi connectivity index (χ1n) is 7.48. The molecule has 2 aromatic carbocycles. The quantitative estimate of drug-likeness (QED) is 0.444. The molecule has 0 spiro atoms. The number of imidazole rings is 1. The van der Waals surface area contributed by atoms with Crippen LogP contribution in [-0.4, -0.2) is 21.9 Å². The number of aromatic nitrogens is 2. The van der Waals surface area contributed by atoms with Crippen LogP contribution in [-0.2, 0) is 4.79 Å². The van der Waals surface area contributed by atoms with Gasteiger partial charge in [0.2, 0.25) is 6.41 Å². The molecule has 2 N–H and O–H groups in total. The maximum absolute atomic E-state index is 12.7. The van der Waals surface area contributed by atoms with E-state index in [0.29, 0.717) is 33.5 Å². The number of hydrogen-bond acceptors (Lipinski definition) is 4. The van der Waals surface area contributed by atoms with Gasteiger partial charge in [0.05, 0.1) is 5.02 Å². The van der Waals surface area contributed by atoms with Crippen LogP contribution in [0.5, 0.6) is 0 Å². The third kappa shape index (κ3) is 3.92. The Hall–Kier alpha value is -2.55. The molecule has 10 heteroatoms. The zero-order chi connectivity index (χ0) is 19.4. The van der Waals surface area contributed by atoms with Gasteiger partial charge in [-0.1, -0.05) is 35.3 Å². The number of halogens is 3. The molecule has 0 aliphatic carbocycles. The molecule has 1 heterocycles. The molecule has 27 heavy (non-hydrogen) atoms. The van der Waals surface area contributed by atoms with E-state index in [1.807, 2.05) is 4.72 Å². The Morgan fingerprint density at radius 2 is 1.85 bits per heavy atom. The summed E-state index contributed by atoms with van der Waals surface area (Å²) in [6, 6.07) is 13.5. The van der Waals surface area contributed by atoms with E-state index in [1.165, 1.54) is 4.57 Å². The lowest BCUT2D eigenvalue weighted by Crippen LogP contribution is -2.20. The molecule has 138 valence electrons. The number of nitrogens with one attached hydrogen (secondary N) is 2. The Balaban J connectivity index is 2.34. The molecule has 0 saturated heterocycles. The van der Waals surface area contributed by atoms with Gasteiger partial charge in [0.15, 0.2) is 23.8 Å². The van der Waals surface area contributed by atoms with Crippen LogP contribution >= 0.6 is 35.5 Å². The van der Waals surface area contributed by atoms with Gasteiger partial charge in [-0.2, -0.15) is 0 Å². The summed E-state index contributed by atoms with van der Waals surface area (Å²) in [6.07, 6.45) is 0.379. The highest BCUT2D eigenvalue weighted by Crippen LogP contribution is 2.33. The van der Waals surface area contributed by atoms with Crippen molar-refractivity contribution >= 4 is 53.7 Å². The van der Waals surface area contributed by atoms with Crippen molar-refractivity contribution in [3.05, 3.63) is 64.3 Å². The van der Waals surface area contributed by atoms with Crippen molar-refractivity contribution < 1.29 is 13.5 Å². The summed E-state index contributed by atoms with van der Waals surface area (Å²) in [4.78, 5) is 27.8. The van der Waals surface area contributed by atoms with Gasteiger partial charge in [-0.25, -0.2) is 4.98 Å². The van der Waals surface area contributed by atoms with Crippen molar-refractivity contribution in [3.63, 3.8) is 0 Å². The van der Waals surface area contributed by atoms with Crippen molar-refractivity contribution in [2.45, 2.75) is 0 Å². The molecule has 1 aromatic heterocycles. The van der Waals surface area contributed by atoms with Crippen LogP contribution in [0.2, 0.25) is 10.0 Å². The molecule has 0 unspecified atom stereocenters. The Bertz CT molecular complexity index is 995. The second-order valence-electron chi connectivity index (χ2n) is 5.19. The molecular weight excluding hydrogens is 414 g/mol. The smallest absolute Gasteiger partial charge is 0.283 e. The Morgan fingerprint density at radius 3 is 2.48 bits per heavy atom. The molecule has 0 bridgehead atoms. The van der Waals surface area contributed by atoms with Crippen molar-refractivity contribution in [2.24, 2.45) is 0 Å². The SMILES string of the molecule is O=CNc1nc(-c2ccccc2Cl)n(-c2ccc(Cl)cc2)c1C(=O)NSF. The summed E-state index contributed by atoms with van der Waals surface area (Å²) in [5.74, 6) is -0.532. The first kappa shape index (κ1) is 19.2. The number of benzene rings is 2. The van der Waals surface area contributed by atoms with Gasteiger partial charge in [0, 0.05) is 16.3 Å². The average molecular weight is 425 g/mol. The van der Waals surface area contributed by atoms with Gasteiger partial charge in [-0.15, -0.1) is 3.89 Å². The molecule has 0 aliphatic heterocycles. The van der Waals surface area contributed by atoms with Gasteiger partial charge in [0.1, 0.15) is 5.82 Å². The maximum atomic E-state index is 12.7. The number of nitrogens with zero attached hydrogens (tertiary/aromatic N) is 2. The van der Waals surface area contributed by atoms with E-state index in [0.717, 1.165) is 0 Å². The molecule has 2 amide bonds. The first-order valence-corrected chi connectivity index (χ1v) is 8.95.